The molecule has 0 atom stereocenters. The van der Waals surface area contributed by atoms with Gasteiger partial charge in [0.1, 0.15) is 0 Å². The minimum atomic E-state index is -0.268. The van der Waals surface area contributed by atoms with Crippen LogP contribution in [-0.4, -0.2) is 37.5 Å². The monoisotopic (exact) mass is 250 g/mol. The number of methoxy groups -OCH3 is 1. The minimum absolute atomic E-state index is 0.141. The van der Waals surface area contributed by atoms with Crippen molar-refractivity contribution in [2.75, 3.05) is 26.4 Å². The number of nitrogens with two attached hydrogens (primary N) is 1. The zero-order valence-corrected chi connectivity index (χ0v) is 10.7. The predicted octanol–water partition coefficient (Wildman–Crippen LogP) is 1.29. The summed E-state index contributed by atoms with van der Waals surface area (Å²) in [5.74, 6) is -0.409. The van der Waals surface area contributed by atoms with Gasteiger partial charge in [0.15, 0.2) is 0 Å². The Morgan fingerprint density at radius 1 is 1.33 bits per heavy atom. The van der Waals surface area contributed by atoms with Crippen LogP contribution in [0.3, 0.4) is 0 Å². The molecular weight excluding hydrogens is 232 g/mol. The number of nitrogens with zero attached hydrogens (tertiary/aromatic N) is 1. The first-order valence-corrected chi connectivity index (χ1v) is 5.73. The standard InChI is InChI=1S/C13H18N2O3/c1-15(9-5-8-12(16)18-2)13(17)10-6-3-4-7-11(10)14/h3-4,6-7H,5,8-9,14H2,1-2H3. The van der Waals surface area contributed by atoms with E-state index in [1.54, 1.807) is 36.2 Å². The Balaban J connectivity index is 2.52. The number of amides is 1. The summed E-state index contributed by atoms with van der Waals surface area (Å²) >= 11 is 0. The van der Waals surface area contributed by atoms with E-state index in [4.69, 9.17) is 5.73 Å². The Kier molecular flexibility index (Phi) is 5.17. The van der Waals surface area contributed by atoms with E-state index in [9.17, 15) is 9.59 Å². The Bertz CT molecular complexity index is 432. The number of carbonyl (C=O) groups excluding carboxylic acids is 2. The first kappa shape index (κ1) is 14.0. The molecule has 18 heavy (non-hydrogen) atoms. The lowest BCUT2D eigenvalue weighted by atomic mass is 10.1. The molecule has 2 N–H and O–H groups in total. The minimum Gasteiger partial charge on any atom is -0.469 e. The number of carbonyl (C=O) groups is 2. The van der Waals surface area contributed by atoms with Crippen LogP contribution in [0.25, 0.3) is 0 Å². The van der Waals surface area contributed by atoms with Gasteiger partial charge in [-0.2, -0.15) is 0 Å². The van der Waals surface area contributed by atoms with Crippen LogP contribution in [0.15, 0.2) is 24.3 Å². The van der Waals surface area contributed by atoms with Crippen LogP contribution in [0.5, 0.6) is 0 Å². The Labute approximate surface area is 107 Å². The normalized spacial score (nSPS) is 9.89. The number of rotatable bonds is 5. The molecule has 0 bridgehead atoms. The van der Waals surface area contributed by atoms with E-state index < -0.39 is 0 Å². The highest BCUT2D eigenvalue weighted by molar-refractivity contribution is 5.98. The third-order valence-electron chi connectivity index (χ3n) is 2.64. The molecule has 1 aromatic carbocycles. The molecule has 0 aliphatic carbocycles. The number of benzene rings is 1. The summed E-state index contributed by atoms with van der Waals surface area (Å²) in [6.07, 6.45) is 0.875. The summed E-state index contributed by atoms with van der Waals surface area (Å²) < 4.78 is 4.53. The quantitative estimate of drug-likeness (QED) is 0.631. The average molecular weight is 250 g/mol. The lowest BCUT2D eigenvalue weighted by Crippen LogP contribution is -2.28. The largest absolute Gasteiger partial charge is 0.469 e. The molecule has 0 fully saturated rings. The third-order valence-corrected chi connectivity index (χ3v) is 2.64. The van der Waals surface area contributed by atoms with Gasteiger partial charge in [-0.1, -0.05) is 12.1 Å². The number of ether oxygens (including phenoxy) is 1. The maximum absolute atomic E-state index is 12.0. The second-order valence-corrected chi connectivity index (χ2v) is 3.99. The molecule has 0 aromatic heterocycles. The van der Waals surface area contributed by atoms with Crippen LogP contribution in [0.2, 0.25) is 0 Å². The molecule has 5 heteroatoms. The third kappa shape index (κ3) is 3.76. The molecule has 0 heterocycles. The molecule has 5 nitrogen and oxygen atoms in total. The summed E-state index contributed by atoms with van der Waals surface area (Å²) in [6.45, 7) is 0.488. The Morgan fingerprint density at radius 2 is 2.00 bits per heavy atom. The van der Waals surface area contributed by atoms with E-state index in [0.29, 0.717) is 30.6 Å². The van der Waals surface area contributed by atoms with Gasteiger partial charge in [0.2, 0.25) is 0 Å². The smallest absolute Gasteiger partial charge is 0.305 e. The van der Waals surface area contributed by atoms with Crippen molar-refractivity contribution in [3.05, 3.63) is 29.8 Å². The molecule has 0 saturated carbocycles. The van der Waals surface area contributed by atoms with Crippen molar-refractivity contribution in [3.63, 3.8) is 0 Å². The molecule has 1 amide bonds. The first-order chi connectivity index (χ1) is 8.56. The molecule has 0 radical (unpaired) electrons. The number of anilines is 1. The van der Waals surface area contributed by atoms with Crippen LogP contribution in [0.4, 0.5) is 5.69 Å². The number of nitrogen functional groups attached to an aromatic ring is 1. The van der Waals surface area contributed by atoms with E-state index in [2.05, 4.69) is 4.74 Å². The molecule has 1 rings (SSSR count). The number of para-hydroxylation sites is 1. The van der Waals surface area contributed by atoms with Crippen molar-refractivity contribution < 1.29 is 14.3 Å². The fourth-order valence-electron chi connectivity index (χ4n) is 1.56. The maximum Gasteiger partial charge on any atom is 0.305 e. The molecule has 0 aliphatic heterocycles. The van der Waals surface area contributed by atoms with Crippen LogP contribution < -0.4 is 5.73 Å². The average Bonchev–Trinajstić information content (AvgIpc) is 2.38. The second-order valence-electron chi connectivity index (χ2n) is 3.99. The highest BCUT2D eigenvalue weighted by Crippen LogP contribution is 2.13. The molecule has 0 aliphatic rings. The maximum atomic E-state index is 12.0. The SMILES string of the molecule is COC(=O)CCCN(C)C(=O)c1ccccc1N. The Morgan fingerprint density at radius 3 is 2.61 bits per heavy atom. The lowest BCUT2D eigenvalue weighted by Gasteiger charge is -2.17. The molecular formula is C13H18N2O3. The fraction of sp³-hybridized carbons (Fsp3) is 0.385. The van der Waals surface area contributed by atoms with E-state index in [0.717, 1.165) is 0 Å². The van der Waals surface area contributed by atoms with E-state index in [1.807, 2.05) is 0 Å². The first-order valence-electron chi connectivity index (χ1n) is 5.73. The van der Waals surface area contributed by atoms with Gasteiger partial charge in [0.05, 0.1) is 12.7 Å². The van der Waals surface area contributed by atoms with Crippen molar-refractivity contribution in [2.24, 2.45) is 0 Å². The lowest BCUT2D eigenvalue weighted by molar-refractivity contribution is -0.140. The van der Waals surface area contributed by atoms with Gasteiger partial charge in [0, 0.05) is 25.7 Å². The fourth-order valence-corrected chi connectivity index (χ4v) is 1.56. The molecule has 0 unspecified atom stereocenters. The van der Waals surface area contributed by atoms with Crippen LogP contribution in [0.1, 0.15) is 23.2 Å². The van der Waals surface area contributed by atoms with Gasteiger partial charge in [0.25, 0.3) is 5.91 Å². The molecule has 0 spiro atoms. The zero-order chi connectivity index (χ0) is 13.5. The van der Waals surface area contributed by atoms with Crippen molar-refractivity contribution >= 4 is 17.6 Å². The summed E-state index contributed by atoms with van der Waals surface area (Å²) in [5.41, 5.74) is 6.68. The number of hydrogen-bond acceptors (Lipinski definition) is 4. The summed E-state index contributed by atoms with van der Waals surface area (Å²) in [5, 5.41) is 0. The Hall–Kier alpha value is -2.04. The second kappa shape index (κ2) is 6.64. The van der Waals surface area contributed by atoms with Gasteiger partial charge < -0.3 is 15.4 Å². The molecule has 0 saturated heterocycles. The van der Waals surface area contributed by atoms with E-state index in [-0.39, 0.29) is 11.9 Å². The summed E-state index contributed by atoms with van der Waals surface area (Å²) in [7, 11) is 3.04. The summed E-state index contributed by atoms with van der Waals surface area (Å²) in [4.78, 5) is 24.5. The van der Waals surface area contributed by atoms with E-state index >= 15 is 0 Å². The van der Waals surface area contributed by atoms with Crippen molar-refractivity contribution in [3.8, 4) is 0 Å². The zero-order valence-electron chi connectivity index (χ0n) is 10.7. The molecule has 98 valence electrons. The van der Waals surface area contributed by atoms with Gasteiger partial charge in [-0.15, -0.1) is 0 Å². The van der Waals surface area contributed by atoms with Gasteiger partial charge in [-0.3, -0.25) is 9.59 Å². The molecule has 1 aromatic rings. The van der Waals surface area contributed by atoms with Crippen molar-refractivity contribution in [1.82, 2.24) is 4.90 Å². The van der Waals surface area contributed by atoms with Gasteiger partial charge in [-0.25, -0.2) is 0 Å². The van der Waals surface area contributed by atoms with Gasteiger partial charge in [-0.05, 0) is 18.6 Å². The number of hydrogen-bond donors (Lipinski definition) is 1. The van der Waals surface area contributed by atoms with Crippen molar-refractivity contribution in [1.29, 1.82) is 0 Å². The highest BCUT2D eigenvalue weighted by atomic mass is 16.5. The van der Waals surface area contributed by atoms with E-state index in [1.165, 1.54) is 7.11 Å². The van der Waals surface area contributed by atoms with Crippen LogP contribution >= 0.6 is 0 Å². The van der Waals surface area contributed by atoms with Crippen LogP contribution in [-0.2, 0) is 9.53 Å². The van der Waals surface area contributed by atoms with Crippen LogP contribution in [0, 0.1) is 0 Å². The number of esters is 1. The topological polar surface area (TPSA) is 72.6 Å². The highest BCUT2D eigenvalue weighted by Gasteiger charge is 2.14. The van der Waals surface area contributed by atoms with Crippen molar-refractivity contribution in [2.45, 2.75) is 12.8 Å². The predicted molar refractivity (Wildman–Crippen MR) is 69.1 cm³/mol. The summed E-state index contributed by atoms with van der Waals surface area (Å²) in [6, 6.07) is 6.93. The van der Waals surface area contributed by atoms with Gasteiger partial charge >= 0.3 is 5.97 Å².